The number of anilines is 1. The number of para-hydroxylation sites is 1. The summed E-state index contributed by atoms with van der Waals surface area (Å²) in [7, 11) is 0. The van der Waals surface area contributed by atoms with Crippen molar-refractivity contribution in [2.75, 3.05) is 4.90 Å². The van der Waals surface area contributed by atoms with Crippen molar-refractivity contribution in [2.24, 2.45) is 0 Å². The number of amides is 1. The number of fused-ring (bicyclic) bond motifs is 1. The van der Waals surface area contributed by atoms with Gasteiger partial charge in [0.1, 0.15) is 0 Å². The van der Waals surface area contributed by atoms with Crippen molar-refractivity contribution in [2.45, 2.75) is 19.9 Å². The molecule has 3 aromatic carbocycles. The van der Waals surface area contributed by atoms with Gasteiger partial charge in [0.25, 0.3) is 0 Å². The normalized spacial score (nSPS) is 10.9. The Labute approximate surface area is 162 Å². The monoisotopic (exact) mass is 372 g/mol. The first kappa shape index (κ1) is 17.4. The van der Waals surface area contributed by atoms with Gasteiger partial charge in [-0.05, 0) is 30.2 Å². The fourth-order valence-electron chi connectivity index (χ4n) is 3.10. The van der Waals surface area contributed by atoms with Crippen molar-refractivity contribution < 1.29 is 4.79 Å². The van der Waals surface area contributed by atoms with Crippen LogP contribution in [-0.2, 0) is 17.8 Å². The molecule has 4 heteroatoms. The minimum Gasteiger partial charge on any atom is -0.283 e. The van der Waals surface area contributed by atoms with E-state index in [1.807, 2.05) is 84.6 Å². The number of carbonyl (C=O) groups excluding carboxylic acids is 1. The van der Waals surface area contributed by atoms with Gasteiger partial charge in [-0.3, -0.25) is 9.69 Å². The molecule has 0 fully saturated rings. The van der Waals surface area contributed by atoms with Gasteiger partial charge in [-0.1, -0.05) is 83.6 Å². The molecule has 0 radical (unpaired) electrons. The Morgan fingerprint density at radius 1 is 0.926 bits per heavy atom. The van der Waals surface area contributed by atoms with E-state index in [-0.39, 0.29) is 5.91 Å². The van der Waals surface area contributed by atoms with Crippen molar-refractivity contribution in [3.05, 3.63) is 95.6 Å². The standard InChI is InChI=1S/C23H20N2OS/c1-17-8-7-11-19(14-17)15-22(26)25(16-18-9-3-2-4-10-18)23-24-20-12-5-6-13-21(20)27-23/h2-14H,15-16H2,1H3. The number of benzene rings is 3. The maximum Gasteiger partial charge on any atom is 0.233 e. The van der Waals surface area contributed by atoms with Crippen LogP contribution in [0.3, 0.4) is 0 Å². The molecule has 4 rings (SSSR count). The Bertz CT molecular complexity index is 1040. The number of thiazole rings is 1. The molecule has 0 atom stereocenters. The van der Waals surface area contributed by atoms with Gasteiger partial charge in [0.05, 0.1) is 23.2 Å². The Morgan fingerprint density at radius 3 is 2.44 bits per heavy atom. The lowest BCUT2D eigenvalue weighted by Gasteiger charge is -2.20. The Kier molecular flexibility index (Phi) is 4.99. The predicted molar refractivity (Wildman–Crippen MR) is 112 cm³/mol. The number of hydrogen-bond donors (Lipinski definition) is 0. The second-order valence-corrected chi connectivity index (χ2v) is 7.60. The molecular weight excluding hydrogens is 352 g/mol. The summed E-state index contributed by atoms with van der Waals surface area (Å²) in [5, 5.41) is 0.748. The maximum absolute atomic E-state index is 13.2. The van der Waals surface area contributed by atoms with Crippen molar-refractivity contribution in [1.82, 2.24) is 4.98 Å². The first-order chi connectivity index (χ1) is 13.2. The van der Waals surface area contributed by atoms with E-state index in [1.165, 1.54) is 0 Å². The largest absolute Gasteiger partial charge is 0.283 e. The van der Waals surface area contributed by atoms with Crippen molar-refractivity contribution in [3.8, 4) is 0 Å². The van der Waals surface area contributed by atoms with Gasteiger partial charge in [0.2, 0.25) is 5.91 Å². The highest BCUT2D eigenvalue weighted by Gasteiger charge is 2.20. The van der Waals surface area contributed by atoms with Crippen LogP contribution >= 0.6 is 11.3 Å². The second-order valence-electron chi connectivity index (χ2n) is 6.60. The molecule has 0 N–H and O–H groups in total. The van der Waals surface area contributed by atoms with Crippen LogP contribution in [0.5, 0.6) is 0 Å². The van der Waals surface area contributed by atoms with Gasteiger partial charge >= 0.3 is 0 Å². The quantitative estimate of drug-likeness (QED) is 0.471. The van der Waals surface area contributed by atoms with Crippen molar-refractivity contribution in [3.63, 3.8) is 0 Å². The van der Waals surface area contributed by atoms with E-state index >= 15 is 0 Å². The maximum atomic E-state index is 13.2. The summed E-state index contributed by atoms with van der Waals surface area (Å²) < 4.78 is 1.09. The minimum absolute atomic E-state index is 0.0588. The summed E-state index contributed by atoms with van der Waals surface area (Å²) in [6, 6.07) is 26.2. The molecule has 0 unspecified atom stereocenters. The van der Waals surface area contributed by atoms with E-state index < -0.39 is 0 Å². The molecule has 1 heterocycles. The van der Waals surface area contributed by atoms with Crippen LogP contribution < -0.4 is 4.90 Å². The van der Waals surface area contributed by atoms with E-state index in [2.05, 4.69) is 6.07 Å². The van der Waals surface area contributed by atoms with Crippen LogP contribution in [-0.4, -0.2) is 10.9 Å². The second kappa shape index (κ2) is 7.72. The SMILES string of the molecule is Cc1cccc(CC(=O)N(Cc2ccccc2)c2nc3ccccc3s2)c1. The van der Waals surface area contributed by atoms with Gasteiger partial charge in [0.15, 0.2) is 5.13 Å². The lowest BCUT2D eigenvalue weighted by atomic mass is 10.1. The summed E-state index contributed by atoms with van der Waals surface area (Å²) in [6.45, 7) is 2.56. The van der Waals surface area contributed by atoms with E-state index in [4.69, 9.17) is 4.98 Å². The first-order valence-corrected chi connectivity index (χ1v) is 9.76. The highest BCUT2D eigenvalue weighted by atomic mass is 32.1. The van der Waals surface area contributed by atoms with Crippen LogP contribution in [0.15, 0.2) is 78.9 Å². The minimum atomic E-state index is 0.0588. The topological polar surface area (TPSA) is 33.2 Å². The third kappa shape index (κ3) is 4.07. The molecule has 0 spiro atoms. The third-order valence-corrected chi connectivity index (χ3v) is 5.50. The summed E-state index contributed by atoms with van der Waals surface area (Å²) in [5.41, 5.74) is 4.21. The third-order valence-electron chi connectivity index (χ3n) is 4.44. The highest BCUT2D eigenvalue weighted by Crippen LogP contribution is 2.30. The summed E-state index contributed by atoms with van der Waals surface area (Å²) in [4.78, 5) is 19.7. The van der Waals surface area contributed by atoms with Gasteiger partial charge in [-0.15, -0.1) is 0 Å². The zero-order chi connectivity index (χ0) is 18.6. The molecule has 4 aromatic rings. The number of aromatic nitrogens is 1. The zero-order valence-electron chi connectivity index (χ0n) is 15.1. The van der Waals surface area contributed by atoms with E-state index in [1.54, 1.807) is 11.3 Å². The molecule has 27 heavy (non-hydrogen) atoms. The van der Waals surface area contributed by atoms with E-state index in [0.29, 0.717) is 13.0 Å². The van der Waals surface area contributed by atoms with E-state index in [0.717, 1.165) is 32.0 Å². The molecule has 0 saturated heterocycles. The van der Waals surface area contributed by atoms with Crippen LogP contribution in [0.4, 0.5) is 5.13 Å². The van der Waals surface area contributed by atoms with E-state index in [9.17, 15) is 4.79 Å². The molecule has 134 valence electrons. The van der Waals surface area contributed by atoms with Crippen LogP contribution in [0.1, 0.15) is 16.7 Å². The Morgan fingerprint density at radius 2 is 1.67 bits per heavy atom. The number of aryl methyl sites for hydroxylation is 1. The molecule has 0 aliphatic carbocycles. The molecule has 0 saturated carbocycles. The Hall–Kier alpha value is -2.98. The predicted octanol–water partition coefficient (Wildman–Crippen LogP) is 5.38. The number of rotatable bonds is 5. The molecule has 0 aliphatic rings. The highest BCUT2D eigenvalue weighted by molar-refractivity contribution is 7.22. The summed E-state index contributed by atoms with van der Waals surface area (Å²) in [5.74, 6) is 0.0588. The van der Waals surface area contributed by atoms with Crippen LogP contribution in [0.25, 0.3) is 10.2 Å². The fourth-order valence-corrected chi connectivity index (χ4v) is 4.08. The number of hydrogen-bond acceptors (Lipinski definition) is 3. The number of nitrogens with zero attached hydrogens (tertiary/aromatic N) is 2. The fraction of sp³-hybridized carbons (Fsp3) is 0.130. The van der Waals surface area contributed by atoms with Gasteiger partial charge < -0.3 is 0 Å². The lowest BCUT2D eigenvalue weighted by molar-refractivity contribution is -0.118. The Balaban J connectivity index is 1.67. The van der Waals surface area contributed by atoms with Gasteiger partial charge in [-0.25, -0.2) is 4.98 Å². The van der Waals surface area contributed by atoms with Crippen LogP contribution in [0.2, 0.25) is 0 Å². The first-order valence-electron chi connectivity index (χ1n) is 8.94. The molecule has 1 amide bonds. The van der Waals surface area contributed by atoms with Gasteiger partial charge in [0, 0.05) is 0 Å². The molecule has 1 aromatic heterocycles. The molecular formula is C23H20N2OS. The summed E-state index contributed by atoms with van der Waals surface area (Å²) in [6.07, 6.45) is 0.366. The van der Waals surface area contributed by atoms with Crippen molar-refractivity contribution >= 4 is 32.6 Å². The lowest BCUT2D eigenvalue weighted by Crippen LogP contribution is -2.31. The zero-order valence-corrected chi connectivity index (χ0v) is 15.9. The smallest absolute Gasteiger partial charge is 0.233 e. The number of carbonyl (C=O) groups is 1. The molecule has 0 bridgehead atoms. The van der Waals surface area contributed by atoms with Crippen molar-refractivity contribution in [1.29, 1.82) is 0 Å². The van der Waals surface area contributed by atoms with Crippen LogP contribution in [0, 0.1) is 6.92 Å². The molecule has 3 nitrogen and oxygen atoms in total. The summed E-state index contributed by atoms with van der Waals surface area (Å²) >= 11 is 1.56. The molecule has 0 aliphatic heterocycles. The average molecular weight is 372 g/mol. The van der Waals surface area contributed by atoms with Gasteiger partial charge in [-0.2, -0.15) is 0 Å². The average Bonchev–Trinajstić information content (AvgIpc) is 3.10.